The number of benzene rings is 2. The molecule has 16 heteroatoms. The fraction of sp³-hybridized carbons (Fsp3) is 0.235. The van der Waals surface area contributed by atoms with Crippen LogP contribution in [0.4, 0.5) is 18.9 Å². The van der Waals surface area contributed by atoms with E-state index in [1.807, 2.05) is 52.9 Å². The van der Waals surface area contributed by atoms with Crippen molar-refractivity contribution in [1.29, 1.82) is 0 Å². The number of carbonyl (C=O) groups excluding carboxylic acids is 2. The van der Waals surface area contributed by atoms with E-state index in [0.29, 0.717) is 36.5 Å². The Morgan fingerprint density at radius 1 is 0.940 bits per heavy atom. The van der Waals surface area contributed by atoms with Crippen LogP contribution in [0.3, 0.4) is 0 Å². The molecule has 3 aromatic heterocycles. The summed E-state index contributed by atoms with van der Waals surface area (Å²) >= 11 is 0. The second-order valence-electron chi connectivity index (χ2n) is 11.4. The van der Waals surface area contributed by atoms with Gasteiger partial charge >= 0.3 is 6.18 Å². The van der Waals surface area contributed by atoms with Crippen LogP contribution in [0.1, 0.15) is 32.1 Å². The number of rotatable bonds is 7. The first kappa shape index (κ1) is 36.0. The lowest BCUT2D eigenvalue weighted by atomic mass is 10.1. The molecule has 1 aliphatic heterocycles. The first-order chi connectivity index (χ1) is 23.6. The van der Waals surface area contributed by atoms with Gasteiger partial charge in [0.05, 0.1) is 29.4 Å². The zero-order valence-corrected chi connectivity index (χ0v) is 27.8. The van der Waals surface area contributed by atoms with Crippen molar-refractivity contribution in [1.82, 2.24) is 24.3 Å². The standard InChI is InChI=1S/C33H29F3N6O3.CH4O3S/c1-40-28-11-10-27(45-30-12-9-25(20-38-30)39-31(43)22-5-7-24(8-6-22)33(34,35)36)18-23(28)19-29(40)32(44)42-16-14-41(15-17-42)21-26-4-2-3-13-37-26;1-5(2,3)4/h2-13,18-20H,14-17,21H2,1H3,(H,39,43);1H3,(H,2,3,4). The highest BCUT2D eigenvalue weighted by molar-refractivity contribution is 7.85. The fourth-order valence-corrected chi connectivity index (χ4v) is 5.24. The maximum atomic E-state index is 13.4. The topological polar surface area (TPSA) is 147 Å². The Morgan fingerprint density at radius 3 is 2.24 bits per heavy atom. The van der Waals surface area contributed by atoms with E-state index in [4.69, 9.17) is 9.29 Å². The van der Waals surface area contributed by atoms with E-state index in [9.17, 15) is 31.2 Å². The quantitative estimate of drug-likeness (QED) is 0.209. The predicted molar refractivity (Wildman–Crippen MR) is 180 cm³/mol. The van der Waals surface area contributed by atoms with Gasteiger partial charge in [-0.1, -0.05) is 6.07 Å². The zero-order valence-electron chi connectivity index (χ0n) is 27.0. The summed E-state index contributed by atoms with van der Waals surface area (Å²) in [4.78, 5) is 38.7. The van der Waals surface area contributed by atoms with Crippen LogP contribution in [0.25, 0.3) is 10.9 Å². The normalized spacial score (nSPS) is 13.8. The van der Waals surface area contributed by atoms with E-state index in [1.165, 1.54) is 6.20 Å². The van der Waals surface area contributed by atoms with Crippen molar-refractivity contribution in [3.05, 3.63) is 114 Å². The van der Waals surface area contributed by atoms with Crippen LogP contribution in [0.15, 0.2) is 91.3 Å². The second kappa shape index (κ2) is 15.1. The minimum Gasteiger partial charge on any atom is -0.439 e. The van der Waals surface area contributed by atoms with Crippen molar-refractivity contribution in [2.24, 2.45) is 7.05 Å². The van der Waals surface area contributed by atoms with Gasteiger partial charge in [-0.2, -0.15) is 21.6 Å². The van der Waals surface area contributed by atoms with Crippen molar-refractivity contribution in [3.63, 3.8) is 0 Å². The van der Waals surface area contributed by atoms with Crippen LogP contribution in [-0.4, -0.2) is 81.6 Å². The SMILES string of the molecule is CS(=O)(=O)O.Cn1c(C(=O)N2CCN(Cc3ccccn3)CC2)cc2cc(Oc3ccc(NC(=O)c4ccc(C(F)(F)F)cc4)cn3)ccc21. The highest BCUT2D eigenvalue weighted by atomic mass is 32.2. The Kier molecular flexibility index (Phi) is 10.8. The lowest BCUT2D eigenvalue weighted by molar-refractivity contribution is -0.137. The number of fused-ring (bicyclic) bond motifs is 1. The number of halogens is 3. The van der Waals surface area contributed by atoms with Gasteiger partial charge in [0.15, 0.2) is 0 Å². The molecule has 0 bridgehead atoms. The van der Waals surface area contributed by atoms with Gasteiger partial charge in [-0.25, -0.2) is 4.98 Å². The third kappa shape index (κ3) is 9.64. The summed E-state index contributed by atoms with van der Waals surface area (Å²) in [6.07, 6.45) is -0.577. The number of pyridine rings is 2. The van der Waals surface area contributed by atoms with Gasteiger partial charge in [0.25, 0.3) is 21.9 Å². The van der Waals surface area contributed by atoms with Gasteiger partial charge in [-0.15, -0.1) is 0 Å². The fourth-order valence-electron chi connectivity index (χ4n) is 5.24. The minimum atomic E-state index is -4.48. The Bertz CT molecular complexity index is 2060. The molecule has 0 radical (unpaired) electrons. The molecule has 2 aromatic carbocycles. The van der Waals surface area contributed by atoms with E-state index >= 15 is 0 Å². The van der Waals surface area contributed by atoms with E-state index in [1.54, 1.807) is 24.4 Å². The summed E-state index contributed by atoms with van der Waals surface area (Å²) in [6, 6.07) is 20.3. The number of hydrogen-bond donors (Lipinski definition) is 2. The number of amides is 2. The molecular weight excluding hydrogens is 677 g/mol. The van der Waals surface area contributed by atoms with Crippen molar-refractivity contribution in [2.75, 3.05) is 37.8 Å². The summed E-state index contributed by atoms with van der Waals surface area (Å²) in [7, 11) is -1.80. The summed E-state index contributed by atoms with van der Waals surface area (Å²) in [5.41, 5.74) is 2.09. The van der Waals surface area contributed by atoms with Gasteiger partial charge < -0.3 is 19.5 Å². The number of ether oxygens (including phenoxy) is 1. The number of nitrogens with one attached hydrogen (secondary N) is 1. The molecular formula is C34H33F3N6O6S. The van der Waals surface area contributed by atoms with E-state index in [-0.39, 0.29) is 17.4 Å². The number of nitrogens with zero attached hydrogens (tertiary/aromatic N) is 5. The number of carbonyl (C=O) groups is 2. The summed E-state index contributed by atoms with van der Waals surface area (Å²) in [5, 5.41) is 3.45. The van der Waals surface area contributed by atoms with Gasteiger partial charge in [0.1, 0.15) is 11.4 Å². The van der Waals surface area contributed by atoms with Gasteiger partial charge in [0.2, 0.25) is 5.88 Å². The lowest BCUT2D eigenvalue weighted by Crippen LogP contribution is -2.48. The highest BCUT2D eigenvalue weighted by Crippen LogP contribution is 2.30. The molecule has 1 saturated heterocycles. The van der Waals surface area contributed by atoms with Gasteiger partial charge in [0, 0.05) is 68.5 Å². The minimum absolute atomic E-state index is 0.0238. The molecule has 0 saturated carbocycles. The molecule has 262 valence electrons. The Balaban J connectivity index is 0.000000908. The molecule has 12 nitrogen and oxygen atoms in total. The van der Waals surface area contributed by atoms with Crippen LogP contribution in [0.5, 0.6) is 11.6 Å². The summed E-state index contributed by atoms with van der Waals surface area (Å²) < 4.78 is 72.0. The number of aromatic nitrogens is 3. The Labute approximate surface area is 285 Å². The number of piperazine rings is 1. The van der Waals surface area contributed by atoms with Crippen LogP contribution < -0.4 is 10.1 Å². The van der Waals surface area contributed by atoms with Gasteiger partial charge in [-0.3, -0.25) is 24.0 Å². The van der Waals surface area contributed by atoms with Crippen molar-refractivity contribution < 1.29 is 40.5 Å². The van der Waals surface area contributed by atoms with Crippen LogP contribution >= 0.6 is 0 Å². The molecule has 0 aliphatic carbocycles. The number of aryl methyl sites for hydroxylation is 1. The average Bonchev–Trinajstić information content (AvgIpc) is 3.40. The molecule has 0 spiro atoms. The summed E-state index contributed by atoms with van der Waals surface area (Å²) in [5.74, 6) is 0.205. The van der Waals surface area contributed by atoms with Crippen molar-refractivity contribution in [2.45, 2.75) is 12.7 Å². The molecule has 0 unspecified atom stereocenters. The molecule has 1 fully saturated rings. The lowest BCUT2D eigenvalue weighted by Gasteiger charge is -2.34. The largest absolute Gasteiger partial charge is 0.439 e. The van der Waals surface area contributed by atoms with E-state index in [0.717, 1.165) is 60.5 Å². The molecule has 1 aliphatic rings. The van der Waals surface area contributed by atoms with Crippen molar-refractivity contribution >= 4 is 38.5 Å². The maximum absolute atomic E-state index is 13.4. The highest BCUT2D eigenvalue weighted by Gasteiger charge is 2.30. The molecule has 6 rings (SSSR count). The Morgan fingerprint density at radius 2 is 1.64 bits per heavy atom. The van der Waals surface area contributed by atoms with Gasteiger partial charge in [-0.05, 0) is 66.7 Å². The smallest absolute Gasteiger partial charge is 0.416 e. The molecule has 50 heavy (non-hydrogen) atoms. The van der Waals surface area contributed by atoms with Crippen LogP contribution in [0, 0.1) is 0 Å². The Hall–Kier alpha value is -5.32. The average molecular weight is 711 g/mol. The summed E-state index contributed by atoms with van der Waals surface area (Å²) in [6.45, 7) is 3.57. The third-order valence-electron chi connectivity index (χ3n) is 7.70. The van der Waals surface area contributed by atoms with Crippen LogP contribution in [0.2, 0.25) is 0 Å². The first-order valence-corrected chi connectivity index (χ1v) is 17.0. The molecule has 4 heterocycles. The molecule has 2 N–H and O–H groups in total. The maximum Gasteiger partial charge on any atom is 0.416 e. The van der Waals surface area contributed by atoms with Crippen LogP contribution in [-0.2, 0) is 29.9 Å². The van der Waals surface area contributed by atoms with E-state index in [2.05, 4.69) is 20.2 Å². The number of alkyl halides is 3. The zero-order chi connectivity index (χ0) is 36.1. The van der Waals surface area contributed by atoms with E-state index < -0.39 is 27.8 Å². The molecule has 2 amide bonds. The monoisotopic (exact) mass is 710 g/mol. The molecule has 0 atom stereocenters. The van der Waals surface area contributed by atoms with Crippen molar-refractivity contribution in [3.8, 4) is 11.6 Å². The third-order valence-corrected chi connectivity index (χ3v) is 7.70. The second-order valence-corrected chi connectivity index (χ2v) is 12.9. The number of hydrogen-bond acceptors (Lipinski definition) is 8. The number of anilines is 1. The molecule has 5 aromatic rings. The first-order valence-electron chi connectivity index (χ1n) is 15.2. The predicted octanol–water partition coefficient (Wildman–Crippen LogP) is 5.49.